The van der Waals surface area contributed by atoms with E-state index >= 15 is 0 Å². The highest BCUT2D eigenvalue weighted by Crippen LogP contribution is 2.39. The topological polar surface area (TPSA) is 124 Å². The van der Waals surface area contributed by atoms with Crippen LogP contribution in [0.1, 0.15) is 40.3 Å². The molecule has 0 bridgehead atoms. The van der Waals surface area contributed by atoms with Crippen LogP contribution in [0, 0.1) is 6.92 Å². The molecule has 1 atom stereocenters. The molecule has 0 fully saturated rings. The molecule has 3 N–H and O–H groups in total. The fourth-order valence-corrected chi connectivity index (χ4v) is 4.75. The van der Waals surface area contributed by atoms with Crippen molar-refractivity contribution in [3.63, 3.8) is 0 Å². The monoisotopic (exact) mass is 511 g/mol. The average molecular weight is 512 g/mol. The zero-order chi connectivity index (χ0) is 26.3. The molecule has 0 aromatic heterocycles. The summed E-state index contributed by atoms with van der Waals surface area (Å²) in [6.07, 6.45) is -0.601. The molecule has 8 nitrogen and oxygen atoms in total. The molecule has 0 spiro atoms. The third-order valence-corrected chi connectivity index (χ3v) is 6.52. The van der Waals surface area contributed by atoms with Crippen LogP contribution in [0.3, 0.4) is 0 Å². The number of carbonyl (C=O) groups excluding carboxylic acids is 1. The lowest BCUT2D eigenvalue weighted by Gasteiger charge is -2.32. The fraction of sp³-hybridized carbons (Fsp3) is 0.259. The van der Waals surface area contributed by atoms with E-state index in [1.54, 1.807) is 54.5 Å². The molecule has 3 rings (SSSR count). The largest absolute Gasteiger partial charge is 0.497 e. The van der Waals surface area contributed by atoms with Gasteiger partial charge < -0.3 is 24.5 Å². The van der Waals surface area contributed by atoms with Gasteiger partial charge in [0.2, 0.25) is 5.91 Å². The standard InChI is InChI=1S/C27H30NO7P/c1-19-5-3-7-23(13-19)25(16-27(30)31)28(26(29)15-22-6-4-8-24(14-22)35-2)17-20-9-11-21(12-10-20)18-36(32,33)34/h3-14,25H,15-18H2,1-2H3,(H,30,31)(H2,32,33,34). The van der Waals surface area contributed by atoms with E-state index in [9.17, 15) is 29.0 Å². The number of aryl methyl sites for hydroxylation is 1. The van der Waals surface area contributed by atoms with Crippen molar-refractivity contribution in [2.24, 2.45) is 0 Å². The second kappa shape index (κ2) is 12.0. The number of carboxylic acid groups (broad SMARTS) is 1. The van der Waals surface area contributed by atoms with Gasteiger partial charge >= 0.3 is 13.6 Å². The molecule has 0 aliphatic heterocycles. The van der Waals surface area contributed by atoms with Gasteiger partial charge in [-0.1, -0.05) is 66.2 Å². The number of amides is 1. The average Bonchev–Trinajstić information content (AvgIpc) is 2.81. The van der Waals surface area contributed by atoms with Gasteiger partial charge in [0.05, 0.1) is 32.2 Å². The van der Waals surface area contributed by atoms with Crippen LogP contribution < -0.4 is 4.74 Å². The lowest BCUT2D eigenvalue weighted by atomic mass is 9.98. The van der Waals surface area contributed by atoms with Crippen LogP contribution in [0.2, 0.25) is 0 Å². The maximum atomic E-state index is 13.6. The zero-order valence-electron chi connectivity index (χ0n) is 20.2. The summed E-state index contributed by atoms with van der Waals surface area (Å²) < 4.78 is 16.6. The molecule has 0 aliphatic carbocycles. The van der Waals surface area contributed by atoms with E-state index in [2.05, 4.69) is 0 Å². The molecular weight excluding hydrogens is 481 g/mol. The molecule has 0 heterocycles. The Morgan fingerprint density at radius 1 is 0.944 bits per heavy atom. The van der Waals surface area contributed by atoms with Crippen molar-refractivity contribution in [2.45, 2.75) is 38.5 Å². The van der Waals surface area contributed by atoms with Crippen LogP contribution in [0.15, 0.2) is 72.8 Å². The van der Waals surface area contributed by atoms with Crippen molar-refractivity contribution < 1.29 is 33.8 Å². The minimum atomic E-state index is -4.21. The quantitative estimate of drug-likeness (QED) is 0.325. The number of ether oxygens (including phenoxy) is 1. The Labute approximate surface area is 210 Å². The normalized spacial score (nSPS) is 12.1. The molecule has 190 valence electrons. The van der Waals surface area contributed by atoms with Crippen LogP contribution in [0.25, 0.3) is 0 Å². The first-order valence-electron chi connectivity index (χ1n) is 11.4. The second-order valence-corrected chi connectivity index (χ2v) is 10.4. The van der Waals surface area contributed by atoms with Crippen LogP contribution in [0.4, 0.5) is 0 Å². The SMILES string of the molecule is COc1cccc(CC(=O)N(Cc2ccc(CP(=O)(O)O)cc2)C(CC(=O)O)c2cccc(C)c2)c1. The molecule has 0 saturated carbocycles. The van der Waals surface area contributed by atoms with E-state index in [1.807, 2.05) is 37.3 Å². The summed E-state index contributed by atoms with van der Waals surface area (Å²) in [6.45, 7) is 2.04. The summed E-state index contributed by atoms with van der Waals surface area (Å²) in [5.41, 5.74) is 3.59. The summed E-state index contributed by atoms with van der Waals surface area (Å²) in [5.74, 6) is -0.666. The predicted molar refractivity (Wildman–Crippen MR) is 136 cm³/mol. The Morgan fingerprint density at radius 2 is 1.61 bits per heavy atom. The number of hydrogen-bond acceptors (Lipinski definition) is 4. The molecule has 0 aliphatic rings. The number of methoxy groups -OCH3 is 1. The molecule has 9 heteroatoms. The molecule has 0 radical (unpaired) electrons. The second-order valence-electron chi connectivity index (χ2n) is 8.72. The van der Waals surface area contributed by atoms with Crippen LogP contribution in [-0.4, -0.2) is 38.8 Å². The molecule has 0 saturated heterocycles. The summed E-state index contributed by atoms with van der Waals surface area (Å²) in [6, 6.07) is 20.5. The Morgan fingerprint density at radius 3 is 2.22 bits per heavy atom. The van der Waals surface area contributed by atoms with E-state index in [4.69, 9.17) is 4.74 Å². The molecule has 3 aromatic carbocycles. The molecule has 36 heavy (non-hydrogen) atoms. The van der Waals surface area contributed by atoms with Crippen LogP contribution in [-0.2, 0) is 33.3 Å². The maximum Gasteiger partial charge on any atom is 0.329 e. The Hall–Kier alpha value is -3.45. The minimum absolute atomic E-state index is 0.0510. The van der Waals surface area contributed by atoms with Gasteiger partial charge in [0.1, 0.15) is 5.75 Å². The van der Waals surface area contributed by atoms with E-state index in [0.29, 0.717) is 16.9 Å². The van der Waals surface area contributed by atoms with Crippen molar-refractivity contribution in [3.8, 4) is 5.75 Å². The highest BCUT2D eigenvalue weighted by molar-refractivity contribution is 7.50. The smallest absolute Gasteiger partial charge is 0.329 e. The van der Waals surface area contributed by atoms with E-state index in [0.717, 1.165) is 16.7 Å². The van der Waals surface area contributed by atoms with Gasteiger partial charge in [0.25, 0.3) is 0 Å². The Kier molecular flexibility index (Phi) is 9.04. The minimum Gasteiger partial charge on any atom is -0.497 e. The van der Waals surface area contributed by atoms with Crippen molar-refractivity contribution in [2.75, 3.05) is 7.11 Å². The van der Waals surface area contributed by atoms with E-state index < -0.39 is 19.6 Å². The van der Waals surface area contributed by atoms with Crippen LogP contribution >= 0.6 is 7.60 Å². The first-order chi connectivity index (χ1) is 17.0. The Bertz CT molecular complexity index is 1250. The van der Waals surface area contributed by atoms with Gasteiger partial charge in [-0.05, 0) is 41.3 Å². The first-order valence-corrected chi connectivity index (χ1v) is 13.2. The van der Waals surface area contributed by atoms with Crippen molar-refractivity contribution in [1.29, 1.82) is 0 Å². The van der Waals surface area contributed by atoms with Crippen molar-refractivity contribution >= 4 is 19.5 Å². The summed E-state index contributed by atoms with van der Waals surface area (Å²) >= 11 is 0. The lowest BCUT2D eigenvalue weighted by Crippen LogP contribution is -2.36. The Balaban J connectivity index is 1.97. The number of rotatable bonds is 11. The highest BCUT2D eigenvalue weighted by Gasteiger charge is 2.28. The number of nitrogens with zero attached hydrogens (tertiary/aromatic N) is 1. The van der Waals surface area contributed by atoms with Gasteiger partial charge in [0, 0.05) is 6.54 Å². The van der Waals surface area contributed by atoms with Crippen molar-refractivity contribution in [3.05, 3.63) is 101 Å². The number of aliphatic carboxylic acids is 1. The third-order valence-electron chi connectivity index (χ3n) is 5.75. The molecule has 1 unspecified atom stereocenters. The van der Waals surface area contributed by atoms with E-state index in [1.165, 1.54) is 0 Å². The van der Waals surface area contributed by atoms with Gasteiger partial charge in [-0.15, -0.1) is 0 Å². The summed E-state index contributed by atoms with van der Waals surface area (Å²) in [7, 11) is -2.66. The van der Waals surface area contributed by atoms with Gasteiger partial charge in [-0.2, -0.15) is 0 Å². The zero-order valence-corrected chi connectivity index (χ0v) is 21.1. The molecule has 1 amide bonds. The van der Waals surface area contributed by atoms with Gasteiger partial charge in [-0.3, -0.25) is 14.2 Å². The number of benzene rings is 3. The predicted octanol–water partition coefficient (Wildman–Crippen LogP) is 4.47. The maximum absolute atomic E-state index is 13.6. The van der Waals surface area contributed by atoms with Gasteiger partial charge in [-0.25, -0.2) is 0 Å². The van der Waals surface area contributed by atoms with Gasteiger partial charge in [0.15, 0.2) is 0 Å². The van der Waals surface area contributed by atoms with E-state index in [-0.39, 0.29) is 31.5 Å². The number of carboxylic acids is 1. The fourth-order valence-electron chi connectivity index (χ4n) is 4.07. The number of carbonyl (C=O) groups is 2. The number of hydrogen-bond donors (Lipinski definition) is 3. The molecular formula is C27H30NO7P. The highest BCUT2D eigenvalue weighted by atomic mass is 31.2. The molecule has 3 aromatic rings. The summed E-state index contributed by atoms with van der Waals surface area (Å²) in [4.78, 5) is 45.5. The van der Waals surface area contributed by atoms with Crippen molar-refractivity contribution in [1.82, 2.24) is 4.90 Å². The third kappa shape index (κ3) is 8.05. The lowest BCUT2D eigenvalue weighted by molar-refractivity contribution is -0.141. The van der Waals surface area contributed by atoms with Crippen LogP contribution in [0.5, 0.6) is 5.75 Å². The first kappa shape index (κ1) is 27.1. The summed E-state index contributed by atoms with van der Waals surface area (Å²) in [5, 5.41) is 9.69.